The van der Waals surface area contributed by atoms with Crippen LogP contribution in [-0.4, -0.2) is 24.6 Å². The van der Waals surface area contributed by atoms with E-state index in [0.717, 1.165) is 5.56 Å². The van der Waals surface area contributed by atoms with Crippen LogP contribution in [0.5, 0.6) is 0 Å². The van der Waals surface area contributed by atoms with E-state index in [1.165, 1.54) is 0 Å². The van der Waals surface area contributed by atoms with Gasteiger partial charge in [0.2, 0.25) is 0 Å². The van der Waals surface area contributed by atoms with Gasteiger partial charge in [0.1, 0.15) is 12.6 Å². The van der Waals surface area contributed by atoms with Crippen LogP contribution >= 0.6 is 0 Å². The average molecular weight is 235 g/mol. The first kappa shape index (κ1) is 11.4. The van der Waals surface area contributed by atoms with Gasteiger partial charge in [0.15, 0.2) is 0 Å². The van der Waals surface area contributed by atoms with E-state index in [1.54, 1.807) is 0 Å². The molecule has 0 radical (unpaired) electrons. The summed E-state index contributed by atoms with van der Waals surface area (Å²) in [5.41, 5.74) is 5.92. The number of alkyl carbamates (subject to hydrolysis) is 1. The van der Waals surface area contributed by atoms with Gasteiger partial charge in [-0.05, 0) is 5.56 Å². The molecule has 0 aromatic heterocycles. The maximum absolute atomic E-state index is 11.4. The number of benzene rings is 1. The fourth-order valence-electron chi connectivity index (χ4n) is 1.44. The molecular weight excluding hydrogens is 222 g/mol. The summed E-state index contributed by atoms with van der Waals surface area (Å²) >= 11 is 0. The van der Waals surface area contributed by atoms with Crippen molar-refractivity contribution in [1.29, 1.82) is 0 Å². The molecule has 0 spiro atoms. The molecule has 6 heteroatoms. The minimum Gasteiger partial charge on any atom is -0.445 e. The zero-order valence-electron chi connectivity index (χ0n) is 9.10. The molecule has 1 unspecified atom stereocenters. The molecule has 1 aromatic carbocycles. The number of hydrazine groups is 1. The van der Waals surface area contributed by atoms with Crippen LogP contribution in [0.15, 0.2) is 30.3 Å². The van der Waals surface area contributed by atoms with Crippen molar-refractivity contribution in [3.05, 3.63) is 35.9 Å². The van der Waals surface area contributed by atoms with Gasteiger partial charge in [0, 0.05) is 6.54 Å². The number of rotatable bonds is 3. The van der Waals surface area contributed by atoms with Crippen molar-refractivity contribution in [1.82, 2.24) is 16.2 Å². The van der Waals surface area contributed by atoms with E-state index in [-0.39, 0.29) is 12.5 Å². The van der Waals surface area contributed by atoms with Crippen molar-refractivity contribution in [3.63, 3.8) is 0 Å². The second kappa shape index (κ2) is 5.31. The van der Waals surface area contributed by atoms with Gasteiger partial charge in [-0.15, -0.1) is 0 Å². The van der Waals surface area contributed by atoms with E-state index in [9.17, 15) is 9.59 Å². The summed E-state index contributed by atoms with van der Waals surface area (Å²) in [4.78, 5) is 22.5. The molecule has 1 aromatic rings. The summed E-state index contributed by atoms with van der Waals surface area (Å²) in [7, 11) is 0. The molecule has 1 atom stereocenters. The molecule has 2 amide bonds. The van der Waals surface area contributed by atoms with Gasteiger partial charge in [-0.2, -0.15) is 0 Å². The highest BCUT2D eigenvalue weighted by Gasteiger charge is 2.25. The van der Waals surface area contributed by atoms with Gasteiger partial charge in [0.05, 0.1) is 0 Å². The summed E-state index contributed by atoms with van der Waals surface area (Å²) in [6, 6.07) is 8.76. The number of hydrogen-bond acceptors (Lipinski definition) is 4. The Morgan fingerprint density at radius 3 is 2.82 bits per heavy atom. The highest BCUT2D eigenvalue weighted by molar-refractivity contribution is 5.87. The minimum atomic E-state index is -0.599. The molecule has 0 bridgehead atoms. The molecule has 6 nitrogen and oxygen atoms in total. The van der Waals surface area contributed by atoms with Gasteiger partial charge in [-0.1, -0.05) is 30.3 Å². The zero-order valence-corrected chi connectivity index (χ0v) is 9.10. The van der Waals surface area contributed by atoms with E-state index in [4.69, 9.17) is 4.74 Å². The summed E-state index contributed by atoms with van der Waals surface area (Å²) in [6.07, 6.45) is -0.599. The Balaban J connectivity index is 1.76. The molecule has 3 N–H and O–H groups in total. The molecule has 90 valence electrons. The maximum Gasteiger partial charge on any atom is 0.408 e. The molecule has 1 fully saturated rings. The fraction of sp³-hybridized carbons (Fsp3) is 0.273. The van der Waals surface area contributed by atoms with E-state index in [2.05, 4.69) is 16.2 Å². The molecule has 17 heavy (non-hydrogen) atoms. The Kier molecular flexibility index (Phi) is 3.56. The third kappa shape index (κ3) is 3.18. The van der Waals surface area contributed by atoms with Crippen molar-refractivity contribution in [2.75, 3.05) is 6.54 Å². The van der Waals surface area contributed by atoms with Crippen molar-refractivity contribution in [3.8, 4) is 0 Å². The van der Waals surface area contributed by atoms with Crippen LogP contribution in [0.25, 0.3) is 0 Å². The summed E-state index contributed by atoms with van der Waals surface area (Å²) in [5.74, 6) is -0.262. The van der Waals surface area contributed by atoms with Crippen molar-refractivity contribution < 1.29 is 14.3 Å². The van der Waals surface area contributed by atoms with Gasteiger partial charge >= 0.3 is 6.09 Å². The topological polar surface area (TPSA) is 79.5 Å². The predicted octanol–water partition coefficient (Wildman–Crippen LogP) is -0.0842. The van der Waals surface area contributed by atoms with Crippen molar-refractivity contribution >= 4 is 12.0 Å². The summed E-state index contributed by atoms with van der Waals surface area (Å²) < 4.78 is 4.98. The molecule has 0 aliphatic carbocycles. The monoisotopic (exact) mass is 235 g/mol. The van der Waals surface area contributed by atoms with Crippen LogP contribution < -0.4 is 16.2 Å². The molecule has 0 saturated carbocycles. The van der Waals surface area contributed by atoms with Crippen LogP contribution in [0.1, 0.15) is 5.56 Å². The van der Waals surface area contributed by atoms with Gasteiger partial charge in [-0.3, -0.25) is 10.2 Å². The van der Waals surface area contributed by atoms with Crippen LogP contribution in [0, 0.1) is 0 Å². The average Bonchev–Trinajstić information content (AvgIpc) is 2.74. The molecule has 1 heterocycles. The van der Waals surface area contributed by atoms with Crippen LogP contribution in [-0.2, 0) is 16.1 Å². The Hall–Kier alpha value is -2.08. The smallest absolute Gasteiger partial charge is 0.408 e. The fourth-order valence-corrected chi connectivity index (χ4v) is 1.44. The first-order chi connectivity index (χ1) is 8.25. The van der Waals surface area contributed by atoms with E-state index < -0.39 is 12.1 Å². The molecule has 1 aliphatic heterocycles. The first-order valence-electron chi connectivity index (χ1n) is 5.25. The minimum absolute atomic E-state index is 0.189. The lowest BCUT2D eigenvalue weighted by Crippen LogP contribution is -2.41. The molecule has 1 saturated heterocycles. The Bertz CT molecular complexity index is 408. The molecular formula is C11H13N3O3. The van der Waals surface area contributed by atoms with Crippen LogP contribution in [0.4, 0.5) is 4.79 Å². The normalized spacial score (nSPS) is 18.6. The third-order valence-electron chi connectivity index (χ3n) is 2.34. The lowest BCUT2D eigenvalue weighted by atomic mass is 10.2. The summed E-state index contributed by atoms with van der Waals surface area (Å²) in [6.45, 7) is 0.549. The van der Waals surface area contributed by atoms with Crippen LogP contribution in [0.3, 0.4) is 0 Å². The SMILES string of the molecule is O=C(NC1CNNC1=O)OCc1ccccc1. The number of carbonyl (C=O) groups is 2. The standard InChI is InChI=1S/C11H13N3O3/c15-10-9(6-12-14-10)13-11(16)17-7-8-4-2-1-3-5-8/h1-5,9,12H,6-7H2,(H,13,16)(H,14,15). The third-order valence-corrected chi connectivity index (χ3v) is 2.34. The Morgan fingerprint density at radius 1 is 1.41 bits per heavy atom. The lowest BCUT2D eigenvalue weighted by Gasteiger charge is -2.09. The van der Waals surface area contributed by atoms with Gasteiger partial charge < -0.3 is 10.1 Å². The van der Waals surface area contributed by atoms with Crippen molar-refractivity contribution in [2.45, 2.75) is 12.6 Å². The Labute approximate surface area is 98.3 Å². The summed E-state index contributed by atoms with van der Waals surface area (Å²) in [5, 5.41) is 2.46. The van der Waals surface area contributed by atoms with E-state index in [0.29, 0.717) is 6.54 Å². The van der Waals surface area contributed by atoms with Crippen molar-refractivity contribution in [2.24, 2.45) is 0 Å². The second-order valence-corrected chi connectivity index (χ2v) is 3.63. The number of carbonyl (C=O) groups excluding carboxylic acids is 2. The Morgan fingerprint density at radius 2 is 2.18 bits per heavy atom. The maximum atomic E-state index is 11.4. The van der Waals surface area contributed by atoms with Gasteiger partial charge in [-0.25, -0.2) is 10.2 Å². The van der Waals surface area contributed by atoms with Gasteiger partial charge in [0.25, 0.3) is 5.91 Å². The van der Waals surface area contributed by atoms with E-state index in [1.807, 2.05) is 30.3 Å². The number of amides is 2. The highest BCUT2D eigenvalue weighted by atomic mass is 16.5. The van der Waals surface area contributed by atoms with Crippen LogP contribution in [0.2, 0.25) is 0 Å². The largest absolute Gasteiger partial charge is 0.445 e. The quantitative estimate of drug-likeness (QED) is 0.684. The second-order valence-electron chi connectivity index (χ2n) is 3.63. The molecule has 2 rings (SSSR count). The number of hydrogen-bond donors (Lipinski definition) is 3. The predicted molar refractivity (Wildman–Crippen MR) is 59.7 cm³/mol. The number of ether oxygens (including phenoxy) is 1. The van der Waals surface area contributed by atoms with E-state index >= 15 is 0 Å². The first-order valence-corrected chi connectivity index (χ1v) is 5.25. The lowest BCUT2D eigenvalue weighted by molar-refractivity contribution is -0.121. The zero-order chi connectivity index (χ0) is 12.1. The highest BCUT2D eigenvalue weighted by Crippen LogP contribution is 2.00. The molecule has 1 aliphatic rings. The number of nitrogens with one attached hydrogen (secondary N) is 3.